The van der Waals surface area contributed by atoms with E-state index in [2.05, 4.69) is 143 Å². The zero-order valence-electron chi connectivity index (χ0n) is 25.7. The molecule has 8 aromatic rings. The first kappa shape index (κ1) is 25.0. The minimum absolute atomic E-state index is 0.0358. The van der Waals surface area contributed by atoms with Crippen molar-refractivity contribution in [3.63, 3.8) is 0 Å². The lowest BCUT2D eigenvalue weighted by molar-refractivity contribution is 0.477. The second kappa shape index (κ2) is 8.33. The quantitative estimate of drug-likeness (QED) is 0.139. The molecular weight excluding hydrogens is 581 g/mol. The van der Waals surface area contributed by atoms with Crippen LogP contribution in [0.2, 0.25) is 0 Å². The lowest BCUT2D eigenvalue weighted by Gasteiger charge is -2.43. The van der Waals surface area contributed by atoms with Crippen LogP contribution in [0.4, 0.5) is 17.1 Å². The van der Waals surface area contributed by atoms with Gasteiger partial charge in [-0.05, 0) is 70.9 Å². The first-order valence-corrected chi connectivity index (χ1v) is 18.6. The Labute approximate surface area is 268 Å². The minimum Gasteiger partial charge on any atom is -0.453 e. The predicted molar refractivity (Wildman–Crippen MR) is 197 cm³/mol. The highest BCUT2D eigenvalue weighted by Crippen LogP contribution is 2.54. The smallest absolute Gasteiger partial charge is 0.252 e. The Balaban J connectivity index is 1.44. The molecule has 0 bridgehead atoms. The Morgan fingerprint density at radius 1 is 0.609 bits per heavy atom. The molecule has 2 aromatic heterocycles. The van der Waals surface area contributed by atoms with Crippen LogP contribution in [0.25, 0.3) is 49.2 Å². The van der Waals surface area contributed by atoms with Crippen LogP contribution in [-0.2, 0) is 0 Å². The maximum absolute atomic E-state index is 6.63. The Morgan fingerprint density at radius 2 is 1.30 bits per heavy atom. The number of ether oxygens (including phenoxy) is 1. The highest BCUT2D eigenvalue weighted by Gasteiger charge is 2.45. The molecule has 0 amide bonds. The van der Waals surface area contributed by atoms with Crippen LogP contribution < -0.4 is 26.0 Å². The van der Waals surface area contributed by atoms with E-state index in [0.29, 0.717) is 0 Å². The average Bonchev–Trinajstić information content (AvgIpc) is 3.41. The van der Waals surface area contributed by atoms with Crippen molar-refractivity contribution in [1.29, 1.82) is 0 Å². The highest BCUT2D eigenvalue weighted by molar-refractivity contribution is 8.32. The van der Waals surface area contributed by atoms with Gasteiger partial charge in [-0.25, -0.2) is 15.0 Å². The molecule has 0 spiro atoms. The number of fused-ring (bicyclic) bond motifs is 13. The van der Waals surface area contributed by atoms with Crippen LogP contribution >= 0.6 is 10.0 Å². The Morgan fingerprint density at radius 3 is 2.17 bits per heavy atom. The van der Waals surface area contributed by atoms with E-state index in [-0.39, 0.29) is 6.71 Å². The molecule has 218 valence electrons. The van der Waals surface area contributed by atoms with E-state index in [1.807, 2.05) is 0 Å². The predicted octanol–water partition coefficient (Wildman–Crippen LogP) is 8.26. The fraction of sp³-hybridized carbons (Fsp3) is 0.0750. The molecular formula is C40H28BN3OS. The summed E-state index contributed by atoms with van der Waals surface area (Å²) >= 11 is 0. The van der Waals surface area contributed by atoms with E-state index in [0.717, 1.165) is 28.4 Å². The van der Waals surface area contributed by atoms with Gasteiger partial charge in [0.1, 0.15) is 0 Å². The zero-order chi connectivity index (χ0) is 30.5. The summed E-state index contributed by atoms with van der Waals surface area (Å²) in [5.41, 5.74) is 12.1. The van der Waals surface area contributed by atoms with Gasteiger partial charge in [-0.2, -0.15) is 0 Å². The van der Waals surface area contributed by atoms with E-state index in [1.54, 1.807) is 0 Å². The van der Waals surface area contributed by atoms with Crippen LogP contribution in [0.1, 0.15) is 0 Å². The number of hydrogen-bond donors (Lipinski definition) is 0. The largest absolute Gasteiger partial charge is 0.453 e. The van der Waals surface area contributed by atoms with Gasteiger partial charge in [-0.15, -0.1) is 0 Å². The number of rotatable bonds is 1. The molecule has 0 fully saturated rings. The molecule has 0 radical (unpaired) electrons. The summed E-state index contributed by atoms with van der Waals surface area (Å²) in [4.78, 5) is 8.19. The molecule has 11 rings (SSSR count). The number of pyridine rings is 1. The minimum atomic E-state index is -1.15. The van der Waals surface area contributed by atoms with Crippen LogP contribution in [0, 0.1) is 0 Å². The summed E-state index contributed by atoms with van der Waals surface area (Å²) in [6.45, 7) is 0.0358. The number of aromatic nitrogens is 2. The summed E-state index contributed by atoms with van der Waals surface area (Å²) < 4.78 is 9.17. The maximum Gasteiger partial charge on any atom is 0.252 e. The molecule has 6 aromatic carbocycles. The van der Waals surface area contributed by atoms with E-state index in [4.69, 9.17) is 9.72 Å². The summed E-state index contributed by atoms with van der Waals surface area (Å²) in [6, 6.07) is 42.1. The molecule has 4 nitrogen and oxygen atoms in total. The normalized spacial score (nSPS) is 14.4. The van der Waals surface area contributed by atoms with Gasteiger partial charge < -0.3 is 14.2 Å². The molecule has 0 saturated carbocycles. The van der Waals surface area contributed by atoms with E-state index >= 15 is 0 Å². The van der Waals surface area contributed by atoms with Crippen molar-refractivity contribution in [2.45, 2.75) is 5.03 Å². The zero-order valence-corrected chi connectivity index (χ0v) is 26.5. The number of benzene rings is 6. The second-order valence-electron chi connectivity index (χ2n) is 13.5. The van der Waals surface area contributed by atoms with Gasteiger partial charge in [0.2, 0.25) is 0 Å². The van der Waals surface area contributed by atoms with Gasteiger partial charge in [0.15, 0.2) is 11.5 Å². The summed E-state index contributed by atoms with van der Waals surface area (Å²) in [5, 5.41) is 7.46. The van der Waals surface area contributed by atoms with Crippen molar-refractivity contribution in [3.8, 4) is 17.2 Å². The van der Waals surface area contributed by atoms with Crippen molar-refractivity contribution in [1.82, 2.24) is 9.55 Å². The van der Waals surface area contributed by atoms with E-state index in [9.17, 15) is 0 Å². The fourth-order valence-corrected chi connectivity index (χ4v) is 9.71. The van der Waals surface area contributed by atoms with Gasteiger partial charge in [-0.1, -0.05) is 84.9 Å². The Hall–Kier alpha value is -5.20. The first-order chi connectivity index (χ1) is 22.5. The van der Waals surface area contributed by atoms with Crippen LogP contribution in [0.5, 0.6) is 11.5 Å². The second-order valence-corrected chi connectivity index (χ2v) is 17.5. The van der Waals surface area contributed by atoms with Crippen LogP contribution in [0.15, 0.2) is 120 Å². The van der Waals surface area contributed by atoms with Gasteiger partial charge in [0.25, 0.3) is 6.71 Å². The van der Waals surface area contributed by atoms with Gasteiger partial charge >= 0.3 is 0 Å². The highest BCUT2D eigenvalue weighted by atomic mass is 32.3. The summed E-state index contributed by atoms with van der Waals surface area (Å²) in [7, 11) is -1.15. The number of nitrogens with zero attached hydrogens (tertiary/aromatic N) is 3. The Kier molecular flexibility index (Phi) is 4.54. The van der Waals surface area contributed by atoms with Crippen molar-refractivity contribution in [2.24, 2.45) is 0 Å². The number of anilines is 3. The standard InChI is InChI=1S/C40H28BN3OS/c1-46(2,3)40-26-14-5-4-12-23(26)27-22-32-35-39(36(27)42-40)44-30-18-7-6-13-24(30)25-15-10-16-28(37(25)44)41(35)29-17-11-21-34-38(29)43(32)31-19-8-9-20-33(31)45-34/h4-22H,1-3H3. The summed E-state index contributed by atoms with van der Waals surface area (Å²) in [5.74, 6) is 1.77. The van der Waals surface area contributed by atoms with Gasteiger partial charge in [-0.3, -0.25) is 0 Å². The van der Waals surface area contributed by atoms with Crippen molar-refractivity contribution < 1.29 is 4.74 Å². The molecule has 0 unspecified atom stereocenters. The van der Waals surface area contributed by atoms with Crippen LogP contribution in [-0.4, -0.2) is 35.0 Å². The average molecular weight is 610 g/mol. The summed E-state index contributed by atoms with van der Waals surface area (Å²) in [6.07, 6.45) is 7.09. The molecule has 6 heteroatoms. The van der Waals surface area contributed by atoms with Crippen LogP contribution in [0.3, 0.4) is 0 Å². The lowest BCUT2D eigenvalue weighted by atomic mass is 9.33. The molecule has 0 saturated heterocycles. The Bertz CT molecular complexity index is 2690. The topological polar surface area (TPSA) is 30.3 Å². The molecule has 3 aliphatic rings. The fourth-order valence-electron chi connectivity index (χ4n) is 8.51. The molecule has 5 heterocycles. The SMILES string of the molecule is CS(C)(C)c1nc2c3c4c(cc2c2ccccc12)N1c2ccccc2Oc2cccc(c21)B4c1cccc2c4ccccc4n-3c12. The third-order valence-corrected chi connectivity index (χ3v) is 11.7. The van der Waals surface area contributed by atoms with E-state index < -0.39 is 10.0 Å². The van der Waals surface area contributed by atoms with Crippen molar-refractivity contribution in [2.75, 3.05) is 23.7 Å². The lowest BCUT2D eigenvalue weighted by Crippen LogP contribution is -2.60. The van der Waals surface area contributed by atoms with Gasteiger partial charge in [0, 0.05) is 32.7 Å². The molecule has 3 aliphatic heterocycles. The van der Waals surface area contributed by atoms with Gasteiger partial charge in [0.05, 0.1) is 33.1 Å². The van der Waals surface area contributed by atoms with Crippen molar-refractivity contribution >= 4 is 93.7 Å². The molecule has 0 atom stereocenters. The number of para-hydroxylation sites is 5. The molecule has 0 N–H and O–H groups in total. The molecule has 46 heavy (non-hydrogen) atoms. The van der Waals surface area contributed by atoms with Crippen molar-refractivity contribution in [3.05, 3.63) is 115 Å². The third-order valence-electron chi connectivity index (χ3n) is 10.2. The number of hydrogen-bond acceptors (Lipinski definition) is 3. The maximum atomic E-state index is 6.63. The molecule has 0 aliphatic carbocycles. The monoisotopic (exact) mass is 609 g/mol. The van der Waals surface area contributed by atoms with E-state index in [1.165, 1.54) is 70.8 Å². The third kappa shape index (κ3) is 2.92. The first-order valence-electron chi connectivity index (χ1n) is 15.8.